The molecule has 0 bridgehead atoms. The smallest absolute Gasteiger partial charge is 0.270 e. The standard InChI is InChI=1S/C24H25N3O4S/c1-3-16-6-4-5-7-20(16)27-23(29)19(22(28)25-24(27)32)14-17-8-9-18(15-21(17)30-2)26-10-12-31-13-11-26/h4-9,14-15H,3,10-13H2,1-2H3,(H,25,28,32)/b19-14+. The van der Waals surface area contributed by atoms with Crippen molar-refractivity contribution in [3.8, 4) is 5.75 Å². The van der Waals surface area contributed by atoms with Gasteiger partial charge in [-0.05, 0) is 48.5 Å². The lowest BCUT2D eigenvalue weighted by atomic mass is 10.0. The molecule has 0 unspecified atom stereocenters. The van der Waals surface area contributed by atoms with Crippen LogP contribution in [0.15, 0.2) is 48.0 Å². The number of morpholine rings is 1. The fraction of sp³-hybridized carbons (Fsp3) is 0.292. The van der Waals surface area contributed by atoms with Gasteiger partial charge >= 0.3 is 0 Å². The Kier molecular flexibility index (Phi) is 6.53. The van der Waals surface area contributed by atoms with E-state index >= 15 is 0 Å². The molecule has 2 aliphatic rings. The summed E-state index contributed by atoms with van der Waals surface area (Å²) < 4.78 is 11.0. The van der Waals surface area contributed by atoms with Crippen molar-refractivity contribution >= 4 is 46.6 Å². The second-order valence-electron chi connectivity index (χ2n) is 7.47. The molecule has 4 rings (SSSR count). The number of carbonyl (C=O) groups is 2. The quantitative estimate of drug-likeness (QED) is 0.428. The monoisotopic (exact) mass is 451 g/mol. The van der Waals surface area contributed by atoms with Crippen molar-refractivity contribution in [3.05, 3.63) is 59.2 Å². The number of nitrogens with one attached hydrogen (secondary N) is 1. The summed E-state index contributed by atoms with van der Waals surface area (Å²) in [4.78, 5) is 29.7. The Morgan fingerprint density at radius 2 is 1.91 bits per heavy atom. The third-order valence-electron chi connectivity index (χ3n) is 5.61. The normalized spacial score (nSPS) is 18.2. The number of benzene rings is 2. The zero-order valence-corrected chi connectivity index (χ0v) is 18.9. The summed E-state index contributed by atoms with van der Waals surface area (Å²) in [6, 6.07) is 13.3. The molecule has 0 aromatic heterocycles. The van der Waals surface area contributed by atoms with E-state index in [0.717, 1.165) is 30.8 Å². The molecule has 0 saturated carbocycles. The van der Waals surface area contributed by atoms with E-state index in [9.17, 15) is 9.59 Å². The summed E-state index contributed by atoms with van der Waals surface area (Å²) in [5.74, 6) is -0.403. The number of rotatable bonds is 5. The molecule has 7 nitrogen and oxygen atoms in total. The van der Waals surface area contributed by atoms with Gasteiger partial charge in [-0.25, -0.2) is 0 Å². The van der Waals surface area contributed by atoms with Crippen molar-refractivity contribution in [1.29, 1.82) is 0 Å². The number of aryl methyl sites for hydroxylation is 1. The largest absolute Gasteiger partial charge is 0.496 e. The van der Waals surface area contributed by atoms with Crippen LogP contribution < -0.4 is 19.9 Å². The topological polar surface area (TPSA) is 71.1 Å². The summed E-state index contributed by atoms with van der Waals surface area (Å²) in [5.41, 5.74) is 3.28. The molecular formula is C24H25N3O4S. The number of hydrogen-bond acceptors (Lipinski definition) is 6. The van der Waals surface area contributed by atoms with Crippen molar-refractivity contribution in [1.82, 2.24) is 5.32 Å². The Morgan fingerprint density at radius 3 is 2.62 bits per heavy atom. The van der Waals surface area contributed by atoms with Gasteiger partial charge in [0.1, 0.15) is 11.3 Å². The molecule has 2 heterocycles. The maximum absolute atomic E-state index is 13.4. The van der Waals surface area contributed by atoms with Crippen molar-refractivity contribution in [3.63, 3.8) is 0 Å². The molecule has 0 radical (unpaired) electrons. The molecule has 8 heteroatoms. The highest BCUT2D eigenvalue weighted by atomic mass is 32.1. The lowest BCUT2D eigenvalue weighted by molar-refractivity contribution is -0.122. The van der Waals surface area contributed by atoms with Crippen molar-refractivity contribution < 1.29 is 19.1 Å². The molecule has 166 valence electrons. The van der Waals surface area contributed by atoms with Gasteiger partial charge < -0.3 is 14.4 Å². The maximum atomic E-state index is 13.4. The third kappa shape index (κ3) is 4.24. The van der Waals surface area contributed by atoms with Gasteiger partial charge in [0.05, 0.1) is 26.0 Å². The predicted octanol–water partition coefficient (Wildman–Crippen LogP) is 2.93. The first-order valence-electron chi connectivity index (χ1n) is 10.5. The number of ether oxygens (including phenoxy) is 2. The van der Waals surface area contributed by atoms with E-state index in [1.807, 2.05) is 49.4 Å². The zero-order chi connectivity index (χ0) is 22.7. The SMILES string of the molecule is CCc1ccccc1N1C(=O)/C(=C/c2ccc(N3CCOCC3)cc2OC)C(=O)NC1=S. The summed E-state index contributed by atoms with van der Waals surface area (Å²) in [6.07, 6.45) is 2.29. The fourth-order valence-corrected chi connectivity index (χ4v) is 4.17. The van der Waals surface area contributed by atoms with Crippen LogP contribution in [0.1, 0.15) is 18.1 Å². The molecule has 2 aromatic carbocycles. The van der Waals surface area contributed by atoms with Crippen LogP contribution in [0.2, 0.25) is 0 Å². The van der Waals surface area contributed by atoms with E-state index in [0.29, 0.717) is 30.2 Å². The van der Waals surface area contributed by atoms with E-state index in [4.69, 9.17) is 21.7 Å². The first-order valence-corrected chi connectivity index (χ1v) is 10.9. The van der Waals surface area contributed by atoms with E-state index in [2.05, 4.69) is 10.2 Å². The molecule has 0 spiro atoms. The maximum Gasteiger partial charge on any atom is 0.270 e. The number of anilines is 2. The summed E-state index contributed by atoms with van der Waals surface area (Å²) in [5, 5.41) is 2.72. The zero-order valence-electron chi connectivity index (χ0n) is 18.1. The Hall–Kier alpha value is -3.23. The lowest BCUT2D eigenvalue weighted by Crippen LogP contribution is -2.54. The average molecular weight is 452 g/mol. The van der Waals surface area contributed by atoms with Crippen LogP contribution in [0.5, 0.6) is 5.75 Å². The van der Waals surface area contributed by atoms with Crippen molar-refractivity contribution in [2.75, 3.05) is 43.2 Å². The third-order valence-corrected chi connectivity index (χ3v) is 5.89. The minimum absolute atomic E-state index is 0.00179. The van der Waals surface area contributed by atoms with Crippen LogP contribution in [0.4, 0.5) is 11.4 Å². The molecule has 2 fully saturated rings. The highest BCUT2D eigenvalue weighted by Gasteiger charge is 2.35. The summed E-state index contributed by atoms with van der Waals surface area (Å²) in [7, 11) is 1.57. The number of thiocarbonyl (C=S) groups is 1. The Bertz CT molecular complexity index is 1090. The van der Waals surface area contributed by atoms with Crippen LogP contribution in [0, 0.1) is 0 Å². The Labute approximate surface area is 192 Å². The van der Waals surface area contributed by atoms with Gasteiger partial charge in [-0.2, -0.15) is 0 Å². The number of methoxy groups -OCH3 is 1. The van der Waals surface area contributed by atoms with Crippen LogP contribution in [-0.4, -0.2) is 50.3 Å². The van der Waals surface area contributed by atoms with Gasteiger partial charge in [-0.1, -0.05) is 25.1 Å². The van der Waals surface area contributed by atoms with Crippen molar-refractivity contribution in [2.24, 2.45) is 0 Å². The molecule has 2 saturated heterocycles. The second kappa shape index (κ2) is 9.50. The molecule has 1 N–H and O–H groups in total. The van der Waals surface area contributed by atoms with E-state index in [1.54, 1.807) is 13.2 Å². The van der Waals surface area contributed by atoms with Crippen LogP contribution in [0.25, 0.3) is 6.08 Å². The summed E-state index contributed by atoms with van der Waals surface area (Å²) in [6.45, 7) is 4.96. The molecule has 2 aromatic rings. The van der Waals surface area contributed by atoms with Gasteiger partial charge in [0.2, 0.25) is 0 Å². The number of nitrogens with zero attached hydrogens (tertiary/aromatic N) is 2. The van der Waals surface area contributed by atoms with Gasteiger partial charge in [0.15, 0.2) is 5.11 Å². The van der Waals surface area contributed by atoms with Gasteiger partial charge in [-0.3, -0.25) is 19.8 Å². The van der Waals surface area contributed by atoms with Crippen molar-refractivity contribution in [2.45, 2.75) is 13.3 Å². The molecule has 2 aliphatic heterocycles. The molecule has 32 heavy (non-hydrogen) atoms. The van der Waals surface area contributed by atoms with Crippen LogP contribution >= 0.6 is 12.2 Å². The molecular weight excluding hydrogens is 426 g/mol. The van der Waals surface area contributed by atoms with E-state index in [1.165, 1.54) is 4.90 Å². The average Bonchev–Trinajstić information content (AvgIpc) is 2.82. The molecule has 0 atom stereocenters. The first kappa shape index (κ1) is 22.0. The van der Waals surface area contributed by atoms with Crippen LogP contribution in [-0.2, 0) is 20.7 Å². The van der Waals surface area contributed by atoms with Gasteiger partial charge in [-0.15, -0.1) is 0 Å². The minimum Gasteiger partial charge on any atom is -0.496 e. The highest BCUT2D eigenvalue weighted by Crippen LogP contribution is 2.30. The number of para-hydroxylation sites is 1. The minimum atomic E-state index is -0.524. The van der Waals surface area contributed by atoms with Crippen LogP contribution in [0.3, 0.4) is 0 Å². The second-order valence-corrected chi connectivity index (χ2v) is 7.85. The first-order chi connectivity index (χ1) is 15.5. The fourth-order valence-electron chi connectivity index (χ4n) is 3.90. The summed E-state index contributed by atoms with van der Waals surface area (Å²) >= 11 is 5.33. The van der Waals surface area contributed by atoms with E-state index < -0.39 is 11.8 Å². The molecule has 0 aliphatic carbocycles. The van der Waals surface area contributed by atoms with Gasteiger partial charge in [0.25, 0.3) is 11.8 Å². The lowest BCUT2D eigenvalue weighted by Gasteiger charge is -2.30. The molecule has 2 amide bonds. The highest BCUT2D eigenvalue weighted by molar-refractivity contribution is 7.80. The number of amides is 2. The van der Waals surface area contributed by atoms with Gasteiger partial charge in [0, 0.05) is 30.4 Å². The predicted molar refractivity (Wildman–Crippen MR) is 128 cm³/mol. The Balaban J connectivity index is 1.70. The number of carbonyl (C=O) groups excluding carboxylic acids is 2. The Morgan fingerprint density at radius 1 is 1.16 bits per heavy atom. The van der Waals surface area contributed by atoms with E-state index in [-0.39, 0.29) is 10.7 Å². The number of hydrogen-bond donors (Lipinski definition) is 1.